The highest BCUT2D eigenvalue weighted by Gasteiger charge is 2.09. The number of ether oxygens (including phenoxy) is 2. The first-order valence-electron chi connectivity index (χ1n) is 4.58. The van der Waals surface area contributed by atoms with Gasteiger partial charge in [0.1, 0.15) is 0 Å². The van der Waals surface area contributed by atoms with Gasteiger partial charge in [0.2, 0.25) is 0 Å². The minimum Gasteiger partial charge on any atom is -0.493 e. The molecule has 0 bridgehead atoms. The Morgan fingerprint density at radius 1 is 1.47 bits per heavy atom. The minimum absolute atomic E-state index is 0.122. The van der Waals surface area contributed by atoms with Gasteiger partial charge in [0.15, 0.2) is 16.6 Å². The Bertz CT molecular complexity index is 451. The van der Waals surface area contributed by atoms with Crippen LogP contribution in [0.4, 0.5) is 0 Å². The number of hydrogen-bond donors (Lipinski definition) is 2. The van der Waals surface area contributed by atoms with Crippen molar-refractivity contribution in [3.05, 3.63) is 21.3 Å². The Morgan fingerprint density at radius 3 is 2.71 bits per heavy atom. The van der Waals surface area contributed by atoms with Crippen molar-refractivity contribution in [2.24, 2.45) is 10.8 Å². The van der Waals surface area contributed by atoms with Crippen LogP contribution in [-0.4, -0.2) is 25.5 Å². The van der Waals surface area contributed by atoms with Crippen molar-refractivity contribution in [2.45, 2.75) is 0 Å². The molecule has 0 saturated carbocycles. The lowest BCUT2D eigenvalue weighted by Crippen LogP contribution is -2.24. The van der Waals surface area contributed by atoms with Crippen LogP contribution in [0.2, 0.25) is 0 Å². The van der Waals surface area contributed by atoms with E-state index in [2.05, 4.69) is 45.3 Å². The molecule has 7 heteroatoms. The molecule has 3 N–H and O–H groups in total. The monoisotopic (exact) mass is 365 g/mol. The van der Waals surface area contributed by atoms with Gasteiger partial charge in [0.25, 0.3) is 0 Å². The number of halogens is 1. The summed E-state index contributed by atoms with van der Waals surface area (Å²) >= 11 is 6.79. The van der Waals surface area contributed by atoms with Crippen molar-refractivity contribution in [1.82, 2.24) is 5.43 Å². The molecule has 92 valence electrons. The number of nitrogens with two attached hydrogens (primary N) is 1. The number of methoxy groups -OCH3 is 2. The lowest BCUT2D eigenvalue weighted by Gasteiger charge is -2.10. The summed E-state index contributed by atoms with van der Waals surface area (Å²) in [4.78, 5) is 0. The van der Waals surface area contributed by atoms with Crippen molar-refractivity contribution >= 4 is 46.1 Å². The topological polar surface area (TPSA) is 68.9 Å². The fourth-order valence-electron chi connectivity index (χ4n) is 1.18. The number of rotatable bonds is 4. The second-order valence-electron chi connectivity index (χ2n) is 2.97. The molecule has 0 atom stereocenters. The van der Waals surface area contributed by atoms with Gasteiger partial charge < -0.3 is 15.2 Å². The van der Waals surface area contributed by atoms with Crippen molar-refractivity contribution in [3.8, 4) is 11.5 Å². The van der Waals surface area contributed by atoms with Crippen LogP contribution in [0.5, 0.6) is 11.5 Å². The first kappa shape index (κ1) is 14.0. The van der Waals surface area contributed by atoms with Crippen LogP contribution < -0.4 is 20.6 Å². The van der Waals surface area contributed by atoms with E-state index in [1.165, 1.54) is 0 Å². The highest BCUT2D eigenvalue weighted by molar-refractivity contribution is 14.1. The molecule has 1 rings (SSSR count). The molecule has 0 aliphatic rings. The molecule has 0 heterocycles. The molecule has 0 radical (unpaired) electrons. The fourth-order valence-corrected chi connectivity index (χ4v) is 2.08. The molecule has 0 aliphatic heterocycles. The maximum absolute atomic E-state index is 5.25. The predicted molar refractivity (Wildman–Crippen MR) is 79.8 cm³/mol. The van der Waals surface area contributed by atoms with E-state index in [1.54, 1.807) is 20.4 Å². The minimum atomic E-state index is 0.122. The molecule has 1 aromatic rings. The largest absolute Gasteiger partial charge is 0.493 e. The third-order valence-corrected chi connectivity index (χ3v) is 2.74. The highest BCUT2D eigenvalue weighted by atomic mass is 127. The Labute approximate surface area is 118 Å². The SMILES string of the molecule is COc1cc(/C=N/NC(N)=S)cc(I)c1OC. The van der Waals surface area contributed by atoms with Gasteiger partial charge >= 0.3 is 0 Å². The Morgan fingerprint density at radius 2 is 2.18 bits per heavy atom. The summed E-state index contributed by atoms with van der Waals surface area (Å²) in [6.45, 7) is 0. The van der Waals surface area contributed by atoms with E-state index in [0.29, 0.717) is 11.5 Å². The van der Waals surface area contributed by atoms with Gasteiger partial charge in [-0.05, 0) is 52.5 Å². The molecule has 5 nitrogen and oxygen atoms in total. The third-order valence-electron chi connectivity index (χ3n) is 1.84. The average Bonchev–Trinajstić information content (AvgIpc) is 2.27. The zero-order chi connectivity index (χ0) is 12.8. The van der Waals surface area contributed by atoms with Crippen LogP contribution in [0.1, 0.15) is 5.56 Å². The van der Waals surface area contributed by atoms with Gasteiger partial charge in [-0.1, -0.05) is 0 Å². The summed E-state index contributed by atoms with van der Waals surface area (Å²) in [5.41, 5.74) is 8.59. The molecule has 0 unspecified atom stereocenters. The summed E-state index contributed by atoms with van der Waals surface area (Å²) in [5, 5.41) is 3.99. The first-order chi connectivity index (χ1) is 8.08. The summed E-state index contributed by atoms with van der Waals surface area (Å²) in [5.74, 6) is 1.35. The number of hydrazone groups is 1. The van der Waals surface area contributed by atoms with Gasteiger partial charge in [-0.15, -0.1) is 0 Å². The van der Waals surface area contributed by atoms with Crippen LogP contribution in [0.15, 0.2) is 17.2 Å². The highest BCUT2D eigenvalue weighted by Crippen LogP contribution is 2.32. The van der Waals surface area contributed by atoms with E-state index in [9.17, 15) is 0 Å². The lowest BCUT2D eigenvalue weighted by atomic mass is 10.2. The average molecular weight is 365 g/mol. The van der Waals surface area contributed by atoms with E-state index in [-0.39, 0.29) is 5.11 Å². The molecule has 0 aromatic heterocycles. The van der Waals surface area contributed by atoms with Crippen LogP contribution in [0, 0.1) is 3.57 Å². The number of nitrogens with zero attached hydrogens (tertiary/aromatic N) is 1. The Kier molecular flexibility index (Phi) is 5.42. The van der Waals surface area contributed by atoms with E-state index < -0.39 is 0 Å². The second-order valence-corrected chi connectivity index (χ2v) is 4.57. The quantitative estimate of drug-likeness (QED) is 0.366. The summed E-state index contributed by atoms with van der Waals surface area (Å²) in [7, 11) is 3.18. The molecule has 0 aliphatic carbocycles. The molecule has 0 spiro atoms. The fraction of sp³-hybridized carbons (Fsp3) is 0.200. The predicted octanol–water partition coefficient (Wildman–Crippen LogP) is 1.48. The first-order valence-corrected chi connectivity index (χ1v) is 6.07. The molecule has 1 aromatic carbocycles. The number of hydrogen-bond acceptors (Lipinski definition) is 4. The van der Waals surface area contributed by atoms with Crippen molar-refractivity contribution in [3.63, 3.8) is 0 Å². The maximum atomic E-state index is 5.25. The summed E-state index contributed by atoms with van der Waals surface area (Å²) in [6, 6.07) is 3.72. The van der Waals surface area contributed by atoms with Crippen molar-refractivity contribution in [1.29, 1.82) is 0 Å². The third kappa shape index (κ3) is 4.00. The van der Waals surface area contributed by atoms with Gasteiger partial charge in [-0.25, -0.2) is 0 Å². The van der Waals surface area contributed by atoms with E-state index in [0.717, 1.165) is 9.13 Å². The second kappa shape index (κ2) is 6.60. The van der Waals surface area contributed by atoms with Crippen LogP contribution in [0.3, 0.4) is 0 Å². The van der Waals surface area contributed by atoms with E-state index >= 15 is 0 Å². The van der Waals surface area contributed by atoms with Crippen molar-refractivity contribution < 1.29 is 9.47 Å². The van der Waals surface area contributed by atoms with Crippen LogP contribution in [0.25, 0.3) is 0 Å². The molecule has 0 saturated heterocycles. The molecule has 0 amide bonds. The maximum Gasteiger partial charge on any atom is 0.184 e. The molecule has 17 heavy (non-hydrogen) atoms. The standard InChI is InChI=1S/C10H12IN3O2S/c1-15-8-4-6(5-13-14-10(12)17)3-7(11)9(8)16-2/h3-5H,1-2H3,(H3,12,14,17)/b13-5+. The van der Waals surface area contributed by atoms with E-state index in [4.69, 9.17) is 15.2 Å². The smallest absolute Gasteiger partial charge is 0.184 e. The van der Waals surface area contributed by atoms with Gasteiger partial charge in [0.05, 0.1) is 24.0 Å². The number of thiocarbonyl (C=S) groups is 1. The van der Waals surface area contributed by atoms with Gasteiger partial charge in [0, 0.05) is 0 Å². The number of nitrogens with one attached hydrogen (secondary N) is 1. The zero-order valence-electron chi connectivity index (χ0n) is 9.36. The van der Waals surface area contributed by atoms with Crippen LogP contribution >= 0.6 is 34.8 Å². The Balaban J connectivity index is 2.99. The Hall–Kier alpha value is -1.09. The number of benzene rings is 1. The molecule has 0 fully saturated rings. The summed E-state index contributed by atoms with van der Waals surface area (Å²) < 4.78 is 11.4. The van der Waals surface area contributed by atoms with Gasteiger partial charge in [-0.3, -0.25) is 5.43 Å². The van der Waals surface area contributed by atoms with Crippen LogP contribution in [-0.2, 0) is 0 Å². The normalized spacial score (nSPS) is 10.3. The van der Waals surface area contributed by atoms with Gasteiger partial charge in [-0.2, -0.15) is 5.10 Å². The van der Waals surface area contributed by atoms with Crippen molar-refractivity contribution in [2.75, 3.05) is 14.2 Å². The zero-order valence-corrected chi connectivity index (χ0v) is 12.3. The molecular formula is C10H12IN3O2S. The summed E-state index contributed by atoms with van der Waals surface area (Å²) in [6.07, 6.45) is 1.60. The molecular weight excluding hydrogens is 353 g/mol. The van der Waals surface area contributed by atoms with E-state index in [1.807, 2.05) is 12.1 Å². The lowest BCUT2D eigenvalue weighted by molar-refractivity contribution is 0.353.